The number of aryl methyl sites for hydroxylation is 2. The summed E-state index contributed by atoms with van der Waals surface area (Å²) < 4.78 is 40.6. The smallest absolute Gasteiger partial charge is 0.243 e. The molecule has 1 N–H and O–H groups in total. The van der Waals surface area contributed by atoms with Gasteiger partial charge in [-0.15, -0.1) is 0 Å². The lowest BCUT2D eigenvalue weighted by Gasteiger charge is -2.36. The number of hydrogen-bond acceptors (Lipinski definition) is 3. The SMILES string of the molecule is CNC1CCN(S(=O)(=O)c2c(C)cc(F)cc2C)CC1C. The molecule has 21 heavy (non-hydrogen) atoms. The van der Waals surface area contributed by atoms with E-state index in [4.69, 9.17) is 0 Å². The minimum atomic E-state index is -3.57. The Balaban J connectivity index is 2.36. The number of piperidine rings is 1. The molecule has 0 amide bonds. The van der Waals surface area contributed by atoms with Gasteiger partial charge in [0.15, 0.2) is 0 Å². The van der Waals surface area contributed by atoms with Crippen molar-refractivity contribution in [3.63, 3.8) is 0 Å². The van der Waals surface area contributed by atoms with Crippen molar-refractivity contribution in [3.8, 4) is 0 Å². The van der Waals surface area contributed by atoms with Gasteiger partial charge in [0.2, 0.25) is 10.0 Å². The fourth-order valence-electron chi connectivity index (χ4n) is 3.19. The molecule has 1 aliphatic rings. The molecular weight excluding hydrogens is 291 g/mol. The molecule has 1 aromatic carbocycles. The normalized spacial score (nSPS) is 24.2. The zero-order chi connectivity index (χ0) is 15.8. The van der Waals surface area contributed by atoms with E-state index >= 15 is 0 Å². The predicted octanol–water partition coefficient (Wildman–Crippen LogP) is 2.06. The third kappa shape index (κ3) is 3.12. The minimum absolute atomic E-state index is 0.249. The Morgan fingerprint density at radius 1 is 1.29 bits per heavy atom. The van der Waals surface area contributed by atoms with E-state index in [0.29, 0.717) is 30.3 Å². The number of hydrogen-bond donors (Lipinski definition) is 1. The lowest BCUT2D eigenvalue weighted by atomic mass is 9.96. The van der Waals surface area contributed by atoms with Gasteiger partial charge in [-0.25, -0.2) is 12.8 Å². The second kappa shape index (κ2) is 6.02. The van der Waals surface area contributed by atoms with Gasteiger partial charge in [-0.3, -0.25) is 0 Å². The summed E-state index contributed by atoms with van der Waals surface area (Å²) in [6.45, 7) is 6.32. The largest absolute Gasteiger partial charge is 0.317 e. The summed E-state index contributed by atoms with van der Waals surface area (Å²) >= 11 is 0. The van der Waals surface area contributed by atoms with Crippen LogP contribution in [0.25, 0.3) is 0 Å². The number of benzene rings is 1. The van der Waals surface area contributed by atoms with Crippen LogP contribution in [-0.4, -0.2) is 38.9 Å². The van der Waals surface area contributed by atoms with Crippen LogP contribution >= 0.6 is 0 Å². The average molecular weight is 314 g/mol. The molecule has 1 fully saturated rings. The van der Waals surface area contributed by atoms with Crippen molar-refractivity contribution in [1.82, 2.24) is 9.62 Å². The third-order valence-corrected chi connectivity index (χ3v) is 6.43. The van der Waals surface area contributed by atoms with Crippen LogP contribution in [0.3, 0.4) is 0 Å². The van der Waals surface area contributed by atoms with Crippen LogP contribution in [0, 0.1) is 25.6 Å². The van der Waals surface area contributed by atoms with Crippen molar-refractivity contribution < 1.29 is 12.8 Å². The van der Waals surface area contributed by atoms with Gasteiger partial charge in [0.25, 0.3) is 0 Å². The molecule has 4 nitrogen and oxygen atoms in total. The Labute approximate surface area is 126 Å². The van der Waals surface area contributed by atoms with Crippen LogP contribution < -0.4 is 5.32 Å². The summed E-state index contributed by atoms with van der Waals surface area (Å²) in [7, 11) is -1.66. The quantitative estimate of drug-likeness (QED) is 0.929. The monoisotopic (exact) mass is 314 g/mol. The van der Waals surface area contributed by atoms with E-state index in [1.165, 1.54) is 16.4 Å². The van der Waals surface area contributed by atoms with Gasteiger partial charge in [0, 0.05) is 19.1 Å². The van der Waals surface area contributed by atoms with E-state index in [2.05, 4.69) is 5.32 Å². The van der Waals surface area contributed by atoms with E-state index < -0.39 is 15.8 Å². The van der Waals surface area contributed by atoms with Crippen LogP contribution in [0.15, 0.2) is 17.0 Å². The Hall–Kier alpha value is -0.980. The predicted molar refractivity (Wildman–Crippen MR) is 81.3 cm³/mol. The molecule has 2 rings (SSSR count). The highest BCUT2D eigenvalue weighted by atomic mass is 32.2. The molecule has 0 aliphatic carbocycles. The van der Waals surface area contributed by atoms with E-state index in [0.717, 1.165) is 6.42 Å². The third-order valence-electron chi connectivity index (χ3n) is 4.26. The molecule has 0 radical (unpaired) electrons. The lowest BCUT2D eigenvalue weighted by molar-refractivity contribution is 0.228. The molecule has 1 heterocycles. The van der Waals surface area contributed by atoms with Crippen LogP contribution in [0.1, 0.15) is 24.5 Å². The molecule has 2 atom stereocenters. The maximum Gasteiger partial charge on any atom is 0.243 e. The zero-order valence-electron chi connectivity index (χ0n) is 13.0. The summed E-state index contributed by atoms with van der Waals surface area (Å²) in [6.07, 6.45) is 0.788. The van der Waals surface area contributed by atoms with Crippen molar-refractivity contribution in [2.45, 2.75) is 38.1 Å². The van der Waals surface area contributed by atoms with E-state index in [-0.39, 0.29) is 10.8 Å². The summed E-state index contributed by atoms with van der Waals surface area (Å²) in [5, 5.41) is 3.22. The zero-order valence-corrected chi connectivity index (χ0v) is 13.8. The summed E-state index contributed by atoms with van der Waals surface area (Å²) in [4.78, 5) is 0.249. The maximum atomic E-state index is 13.4. The lowest BCUT2D eigenvalue weighted by Crippen LogP contribution is -2.49. The average Bonchev–Trinajstić information content (AvgIpc) is 2.36. The second-order valence-electron chi connectivity index (χ2n) is 5.89. The van der Waals surface area contributed by atoms with Gasteiger partial charge in [-0.2, -0.15) is 4.31 Å². The molecule has 1 aliphatic heterocycles. The van der Waals surface area contributed by atoms with E-state index in [1.54, 1.807) is 13.8 Å². The van der Waals surface area contributed by atoms with Crippen molar-refractivity contribution >= 4 is 10.0 Å². The number of sulfonamides is 1. The molecule has 1 aromatic rings. The summed E-state index contributed by atoms with van der Waals surface area (Å²) in [6, 6.07) is 2.90. The Morgan fingerprint density at radius 2 is 1.86 bits per heavy atom. The fraction of sp³-hybridized carbons (Fsp3) is 0.600. The molecule has 0 aromatic heterocycles. The molecular formula is C15H23FN2O2S. The number of rotatable bonds is 3. The van der Waals surface area contributed by atoms with Gasteiger partial charge in [0.1, 0.15) is 5.82 Å². The first kappa shape index (κ1) is 16.4. The van der Waals surface area contributed by atoms with Crippen molar-refractivity contribution in [2.75, 3.05) is 20.1 Å². The van der Waals surface area contributed by atoms with E-state index in [1.807, 2.05) is 14.0 Å². The van der Waals surface area contributed by atoms with E-state index in [9.17, 15) is 12.8 Å². The van der Waals surface area contributed by atoms with Gasteiger partial charge < -0.3 is 5.32 Å². The maximum absolute atomic E-state index is 13.4. The highest BCUT2D eigenvalue weighted by Crippen LogP contribution is 2.28. The minimum Gasteiger partial charge on any atom is -0.317 e. The second-order valence-corrected chi connectivity index (χ2v) is 7.77. The standard InChI is InChI=1S/C15H23FN2O2S/c1-10-7-13(16)8-11(2)15(10)21(19,20)18-6-5-14(17-4)12(3)9-18/h7-8,12,14,17H,5-6,9H2,1-4H3. The molecule has 118 valence electrons. The molecule has 0 saturated carbocycles. The van der Waals surface area contributed by atoms with Gasteiger partial charge >= 0.3 is 0 Å². The van der Waals surface area contributed by atoms with Crippen LogP contribution in [-0.2, 0) is 10.0 Å². The number of nitrogens with zero attached hydrogens (tertiary/aromatic N) is 1. The molecule has 0 spiro atoms. The summed E-state index contributed by atoms with van der Waals surface area (Å²) in [5.74, 6) is -0.147. The number of nitrogens with one attached hydrogen (secondary N) is 1. The Morgan fingerprint density at radius 3 is 2.33 bits per heavy atom. The Bertz CT molecular complexity index is 608. The first-order chi connectivity index (χ1) is 9.77. The van der Waals surface area contributed by atoms with Gasteiger partial charge in [-0.05, 0) is 56.5 Å². The Kier molecular flexibility index (Phi) is 4.70. The molecule has 0 bridgehead atoms. The topological polar surface area (TPSA) is 49.4 Å². The highest BCUT2D eigenvalue weighted by Gasteiger charge is 2.34. The van der Waals surface area contributed by atoms with Gasteiger partial charge in [-0.1, -0.05) is 6.92 Å². The molecule has 1 saturated heterocycles. The van der Waals surface area contributed by atoms with Crippen molar-refractivity contribution in [2.24, 2.45) is 5.92 Å². The molecule has 2 unspecified atom stereocenters. The molecule has 6 heteroatoms. The summed E-state index contributed by atoms with van der Waals surface area (Å²) in [5.41, 5.74) is 0.937. The first-order valence-electron chi connectivity index (χ1n) is 7.21. The van der Waals surface area contributed by atoms with Crippen molar-refractivity contribution in [3.05, 3.63) is 29.1 Å². The fourth-order valence-corrected chi connectivity index (χ4v) is 5.15. The van der Waals surface area contributed by atoms with Crippen LogP contribution in [0.2, 0.25) is 0 Å². The highest BCUT2D eigenvalue weighted by molar-refractivity contribution is 7.89. The van der Waals surface area contributed by atoms with Crippen molar-refractivity contribution in [1.29, 1.82) is 0 Å². The number of halogens is 1. The van der Waals surface area contributed by atoms with Gasteiger partial charge in [0.05, 0.1) is 4.90 Å². The van der Waals surface area contributed by atoms with Crippen LogP contribution in [0.5, 0.6) is 0 Å². The van der Waals surface area contributed by atoms with Crippen LogP contribution in [0.4, 0.5) is 4.39 Å². The first-order valence-corrected chi connectivity index (χ1v) is 8.65.